The van der Waals surface area contributed by atoms with Crippen LogP contribution in [0.3, 0.4) is 0 Å². The number of nitrogen functional groups attached to an aromatic ring is 1. The minimum atomic E-state index is 0.681. The maximum absolute atomic E-state index is 5.73. The van der Waals surface area contributed by atoms with Crippen molar-refractivity contribution in [2.75, 3.05) is 18.9 Å². The summed E-state index contributed by atoms with van der Waals surface area (Å²) in [6.45, 7) is 3.45. The lowest BCUT2D eigenvalue weighted by atomic mass is 10.2. The summed E-state index contributed by atoms with van der Waals surface area (Å²) in [5.74, 6) is 1.79. The van der Waals surface area contributed by atoms with Gasteiger partial charge < -0.3 is 15.2 Å². The van der Waals surface area contributed by atoms with Gasteiger partial charge in [0.05, 0.1) is 13.2 Å². The summed E-state index contributed by atoms with van der Waals surface area (Å²) < 4.78 is 11.4. The van der Waals surface area contributed by atoms with Gasteiger partial charge in [-0.3, -0.25) is 0 Å². The molecule has 2 aromatic carbocycles. The average Bonchev–Trinajstić information content (AvgIpc) is 2.44. The van der Waals surface area contributed by atoms with Gasteiger partial charge in [0, 0.05) is 11.8 Å². The zero-order chi connectivity index (χ0) is 14.2. The number of ether oxygens (including phenoxy) is 2. The molecule has 0 radical (unpaired) electrons. The highest BCUT2D eigenvalue weighted by Gasteiger charge is 1.98. The van der Waals surface area contributed by atoms with Crippen LogP contribution in [0.5, 0.6) is 11.5 Å². The maximum Gasteiger partial charge on any atom is 0.122 e. The Bertz CT molecular complexity index is 540. The molecule has 106 valence electrons. The third kappa shape index (κ3) is 4.50. The van der Waals surface area contributed by atoms with Crippen LogP contribution in [0.2, 0.25) is 0 Å². The monoisotopic (exact) mass is 271 g/mol. The standard InChI is InChI=1S/C17H21NO2/c1-14-7-2-3-10-17(14)20-12-5-4-11-19-16-9-6-8-15(18)13-16/h2-3,6-10,13H,4-5,11-12,18H2,1H3. The van der Waals surface area contributed by atoms with Crippen molar-refractivity contribution >= 4 is 5.69 Å². The minimum absolute atomic E-state index is 0.681. The largest absolute Gasteiger partial charge is 0.494 e. The molecule has 2 N–H and O–H groups in total. The molecule has 0 aliphatic carbocycles. The number of hydrogen-bond acceptors (Lipinski definition) is 3. The second-order valence-corrected chi connectivity index (χ2v) is 4.74. The molecule has 0 amide bonds. The second kappa shape index (κ2) is 7.43. The van der Waals surface area contributed by atoms with Gasteiger partial charge in [0.2, 0.25) is 0 Å². The molecule has 0 aliphatic rings. The van der Waals surface area contributed by atoms with E-state index in [2.05, 4.69) is 13.0 Å². The summed E-state index contributed by atoms with van der Waals surface area (Å²) in [4.78, 5) is 0. The topological polar surface area (TPSA) is 44.5 Å². The number of rotatable bonds is 7. The van der Waals surface area contributed by atoms with E-state index < -0.39 is 0 Å². The quantitative estimate of drug-likeness (QED) is 0.615. The summed E-state index contributed by atoms with van der Waals surface area (Å²) in [6, 6.07) is 15.6. The maximum atomic E-state index is 5.73. The van der Waals surface area contributed by atoms with Crippen LogP contribution in [0.15, 0.2) is 48.5 Å². The lowest BCUT2D eigenvalue weighted by Gasteiger charge is -2.09. The van der Waals surface area contributed by atoms with E-state index in [0.717, 1.165) is 30.0 Å². The summed E-state index contributed by atoms with van der Waals surface area (Å²) in [5.41, 5.74) is 7.59. The second-order valence-electron chi connectivity index (χ2n) is 4.74. The Morgan fingerprint density at radius 3 is 2.40 bits per heavy atom. The van der Waals surface area contributed by atoms with Gasteiger partial charge in [-0.05, 0) is 43.5 Å². The predicted molar refractivity (Wildman–Crippen MR) is 82.3 cm³/mol. The first-order chi connectivity index (χ1) is 9.75. The normalized spacial score (nSPS) is 10.2. The molecular formula is C17H21NO2. The Morgan fingerprint density at radius 2 is 1.65 bits per heavy atom. The molecule has 2 aromatic rings. The molecule has 3 nitrogen and oxygen atoms in total. The third-order valence-electron chi connectivity index (χ3n) is 3.02. The zero-order valence-electron chi connectivity index (χ0n) is 11.8. The highest BCUT2D eigenvalue weighted by molar-refractivity contribution is 5.43. The van der Waals surface area contributed by atoms with Crippen LogP contribution in [0.25, 0.3) is 0 Å². The van der Waals surface area contributed by atoms with Crippen molar-refractivity contribution in [2.24, 2.45) is 0 Å². The molecule has 0 saturated carbocycles. The van der Waals surface area contributed by atoms with Crippen molar-refractivity contribution in [1.82, 2.24) is 0 Å². The van der Waals surface area contributed by atoms with Gasteiger partial charge in [0.15, 0.2) is 0 Å². The van der Waals surface area contributed by atoms with Gasteiger partial charge in [0.25, 0.3) is 0 Å². The molecule has 0 atom stereocenters. The number of anilines is 1. The fourth-order valence-electron chi connectivity index (χ4n) is 1.90. The Labute approximate surface area is 120 Å². The first-order valence-electron chi connectivity index (χ1n) is 6.92. The smallest absolute Gasteiger partial charge is 0.122 e. The molecule has 3 heteroatoms. The number of hydrogen-bond donors (Lipinski definition) is 1. The first kappa shape index (κ1) is 14.3. The molecule has 0 heterocycles. The minimum Gasteiger partial charge on any atom is -0.494 e. The third-order valence-corrected chi connectivity index (χ3v) is 3.02. The molecule has 2 rings (SSSR count). The molecule has 0 bridgehead atoms. The van der Waals surface area contributed by atoms with Crippen LogP contribution in [-0.2, 0) is 0 Å². The number of para-hydroxylation sites is 1. The van der Waals surface area contributed by atoms with Crippen LogP contribution >= 0.6 is 0 Å². The number of unbranched alkanes of at least 4 members (excludes halogenated alkanes) is 1. The SMILES string of the molecule is Cc1ccccc1OCCCCOc1cccc(N)c1. The molecular weight excluding hydrogens is 250 g/mol. The zero-order valence-corrected chi connectivity index (χ0v) is 11.8. The Hall–Kier alpha value is -2.16. The number of nitrogens with two attached hydrogens (primary N) is 1. The predicted octanol–water partition coefficient (Wildman–Crippen LogP) is 3.82. The Balaban J connectivity index is 1.61. The highest BCUT2D eigenvalue weighted by Crippen LogP contribution is 2.17. The summed E-state index contributed by atoms with van der Waals surface area (Å²) >= 11 is 0. The van der Waals surface area contributed by atoms with Crippen molar-refractivity contribution in [3.63, 3.8) is 0 Å². The molecule has 0 aromatic heterocycles. The van der Waals surface area contributed by atoms with Gasteiger partial charge in [-0.15, -0.1) is 0 Å². The van der Waals surface area contributed by atoms with Crippen molar-refractivity contribution in [1.29, 1.82) is 0 Å². The molecule has 0 unspecified atom stereocenters. The molecule has 20 heavy (non-hydrogen) atoms. The molecule has 0 aliphatic heterocycles. The fourth-order valence-corrected chi connectivity index (χ4v) is 1.90. The van der Waals surface area contributed by atoms with Gasteiger partial charge >= 0.3 is 0 Å². The molecule has 0 fully saturated rings. The van der Waals surface area contributed by atoms with Gasteiger partial charge in [0.1, 0.15) is 11.5 Å². The van der Waals surface area contributed by atoms with E-state index in [1.165, 1.54) is 5.56 Å². The Kier molecular flexibility index (Phi) is 5.30. The summed E-state index contributed by atoms with van der Waals surface area (Å²) in [5, 5.41) is 0. The lowest BCUT2D eigenvalue weighted by molar-refractivity contribution is 0.265. The van der Waals surface area contributed by atoms with Gasteiger partial charge in [-0.2, -0.15) is 0 Å². The van der Waals surface area contributed by atoms with Crippen LogP contribution in [-0.4, -0.2) is 13.2 Å². The van der Waals surface area contributed by atoms with Crippen LogP contribution in [0.4, 0.5) is 5.69 Å². The van der Waals surface area contributed by atoms with Crippen LogP contribution in [0.1, 0.15) is 18.4 Å². The van der Waals surface area contributed by atoms with E-state index in [4.69, 9.17) is 15.2 Å². The van der Waals surface area contributed by atoms with E-state index in [1.807, 2.05) is 42.5 Å². The average molecular weight is 271 g/mol. The van der Waals surface area contributed by atoms with Gasteiger partial charge in [-0.1, -0.05) is 24.3 Å². The molecule has 0 saturated heterocycles. The van der Waals surface area contributed by atoms with Crippen molar-refractivity contribution < 1.29 is 9.47 Å². The van der Waals surface area contributed by atoms with Crippen molar-refractivity contribution in [2.45, 2.75) is 19.8 Å². The number of aryl methyl sites for hydroxylation is 1. The first-order valence-corrected chi connectivity index (χ1v) is 6.92. The van der Waals surface area contributed by atoms with E-state index in [1.54, 1.807) is 0 Å². The van der Waals surface area contributed by atoms with Crippen molar-refractivity contribution in [3.05, 3.63) is 54.1 Å². The number of benzene rings is 2. The Morgan fingerprint density at radius 1 is 0.900 bits per heavy atom. The van der Waals surface area contributed by atoms with Crippen molar-refractivity contribution in [3.8, 4) is 11.5 Å². The lowest BCUT2D eigenvalue weighted by Crippen LogP contribution is -2.03. The fraction of sp³-hybridized carbons (Fsp3) is 0.294. The molecule has 0 spiro atoms. The van der Waals surface area contributed by atoms with E-state index in [0.29, 0.717) is 13.2 Å². The summed E-state index contributed by atoms with van der Waals surface area (Å²) in [7, 11) is 0. The van der Waals surface area contributed by atoms with Crippen LogP contribution in [0, 0.1) is 6.92 Å². The van der Waals surface area contributed by atoms with Crippen LogP contribution < -0.4 is 15.2 Å². The summed E-state index contributed by atoms with van der Waals surface area (Å²) in [6.07, 6.45) is 1.93. The van der Waals surface area contributed by atoms with E-state index in [9.17, 15) is 0 Å². The highest BCUT2D eigenvalue weighted by atomic mass is 16.5. The van der Waals surface area contributed by atoms with Gasteiger partial charge in [-0.25, -0.2) is 0 Å². The van der Waals surface area contributed by atoms with E-state index >= 15 is 0 Å². The van der Waals surface area contributed by atoms with E-state index in [-0.39, 0.29) is 0 Å².